The summed E-state index contributed by atoms with van der Waals surface area (Å²) >= 11 is 0. The maximum absolute atomic E-state index is 6.63. The smallest absolute Gasteiger partial charge is 0.110 e. The normalized spacial score (nSPS) is 34.3. The van der Waals surface area contributed by atoms with Gasteiger partial charge in [0.25, 0.3) is 0 Å². The second-order valence-corrected chi connectivity index (χ2v) is 6.51. The van der Waals surface area contributed by atoms with Crippen LogP contribution in [0, 0.1) is 0 Å². The molecular weight excluding hydrogens is 238 g/mol. The van der Waals surface area contributed by atoms with Crippen LogP contribution in [-0.4, -0.2) is 54.5 Å². The highest BCUT2D eigenvalue weighted by atomic mass is 16.5. The number of ether oxygens (including phenoxy) is 1. The molecule has 0 radical (unpaired) electrons. The van der Waals surface area contributed by atoms with Gasteiger partial charge in [0.15, 0.2) is 0 Å². The quantitative estimate of drug-likeness (QED) is 0.827. The van der Waals surface area contributed by atoms with Crippen LogP contribution in [0.1, 0.15) is 51.4 Å². The molecule has 2 aliphatic heterocycles. The summed E-state index contributed by atoms with van der Waals surface area (Å²) in [4.78, 5) is 5.08. The number of rotatable bonds is 2. The van der Waals surface area contributed by atoms with Gasteiger partial charge < -0.3 is 10.5 Å². The molecule has 1 saturated carbocycles. The van der Waals surface area contributed by atoms with Gasteiger partial charge in [-0.1, -0.05) is 19.3 Å². The van der Waals surface area contributed by atoms with Gasteiger partial charge in [-0.15, -0.1) is 0 Å². The fraction of sp³-hybridized carbons (Fsp3) is 1.00. The minimum absolute atomic E-state index is 0.00222. The third kappa shape index (κ3) is 3.13. The predicted octanol–water partition coefficient (Wildman–Crippen LogP) is 1.75. The van der Waals surface area contributed by atoms with E-state index in [4.69, 9.17) is 10.5 Å². The van der Waals surface area contributed by atoms with Crippen LogP contribution < -0.4 is 5.73 Å². The van der Waals surface area contributed by atoms with Gasteiger partial charge in [-0.05, 0) is 32.1 Å². The van der Waals surface area contributed by atoms with Crippen LogP contribution in [0.15, 0.2) is 0 Å². The van der Waals surface area contributed by atoms with Crippen LogP contribution in [0.3, 0.4) is 0 Å². The molecule has 19 heavy (non-hydrogen) atoms. The Morgan fingerprint density at radius 1 is 0.895 bits per heavy atom. The predicted molar refractivity (Wildman–Crippen MR) is 76.7 cm³/mol. The zero-order valence-electron chi connectivity index (χ0n) is 12.1. The molecular formula is C15H29N3O. The van der Waals surface area contributed by atoms with E-state index < -0.39 is 0 Å². The summed E-state index contributed by atoms with van der Waals surface area (Å²) in [6.07, 6.45) is 10.5. The minimum Gasteiger partial charge on any atom is -0.363 e. The fourth-order valence-corrected chi connectivity index (χ4v) is 3.95. The van der Waals surface area contributed by atoms with Crippen LogP contribution in [0.2, 0.25) is 0 Å². The molecule has 1 unspecified atom stereocenters. The van der Waals surface area contributed by atoms with Gasteiger partial charge in [0.1, 0.15) is 6.23 Å². The third-order valence-electron chi connectivity index (χ3n) is 5.23. The fourth-order valence-electron chi connectivity index (χ4n) is 3.95. The summed E-state index contributed by atoms with van der Waals surface area (Å²) in [5, 5.41) is 0. The summed E-state index contributed by atoms with van der Waals surface area (Å²) < 4.78 is 5.90. The van der Waals surface area contributed by atoms with E-state index in [-0.39, 0.29) is 5.66 Å². The van der Waals surface area contributed by atoms with Crippen molar-refractivity contribution in [3.8, 4) is 0 Å². The van der Waals surface area contributed by atoms with Gasteiger partial charge in [-0.3, -0.25) is 9.80 Å². The van der Waals surface area contributed by atoms with Gasteiger partial charge >= 0.3 is 0 Å². The highest BCUT2D eigenvalue weighted by molar-refractivity contribution is 4.90. The molecule has 0 aromatic heterocycles. The van der Waals surface area contributed by atoms with Gasteiger partial charge in [0, 0.05) is 32.8 Å². The standard InChI is InChI=1S/C15H29N3O/c16-15(7-3-1-4-8-15)18-11-9-17(10-12-18)14-6-2-5-13-19-14/h14H,1-13,16H2. The Balaban J connectivity index is 1.51. The zero-order valence-corrected chi connectivity index (χ0v) is 12.1. The lowest BCUT2D eigenvalue weighted by atomic mass is 9.88. The van der Waals surface area contributed by atoms with Gasteiger partial charge in [0.05, 0.1) is 5.66 Å². The van der Waals surface area contributed by atoms with Crippen molar-refractivity contribution in [3.63, 3.8) is 0 Å². The topological polar surface area (TPSA) is 41.7 Å². The highest BCUT2D eigenvalue weighted by Crippen LogP contribution is 2.30. The van der Waals surface area contributed by atoms with E-state index in [1.165, 1.54) is 51.4 Å². The SMILES string of the molecule is NC1(N2CCN(C3CCCCO3)CC2)CCCCC1. The third-order valence-corrected chi connectivity index (χ3v) is 5.23. The molecule has 110 valence electrons. The molecule has 1 aliphatic carbocycles. The first-order valence-electron chi connectivity index (χ1n) is 8.18. The van der Waals surface area contributed by atoms with E-state index in [9.17, 15) is 0 Å². The molecule has 1 atom stereocenters. The monoisotopic (exact) mass is 267 g/mol. The zero-order chi connectivity index (χ0) is 13.1. The van der Waals surface area contributed by atoms with E-state index in [1.54, 1.807) is 0 Å². The van der Waals surface area contributed by atoms with Crippen molar-refractivity contribution in [1.82, 2.24) is 9.80 Å². The van der Waals surface area contributed by atoms with Crippen molar-refractivity contribution >= 4 is 0 Å². The largest absolute Gasteiger partial charge is 0.363 e. The molecule has 0 aromatic rings. The van der Waals surface area contributed by atoms with Crippen LogP contribution in [-0.2, 0) is 4.74 Å². The second-order valence-electron chi connectivity index (χ2n) is 6.51. The lowest BCUT2D eigenvalue weighted by molar-refractivity contribution is -0.110. The molecule has 2 saturated heterocycles. The van der Waals surface area contributed by atoms with Crippen LogP contribution in [0.25, 0.3) is 0 Å². The van der Waals surface area contributed by atoms with Crippen molar-refractivity contribution in [2.24, 2.45) is 5.73 Å². The van der Waals surface area contributed by atoms with Gasteiger partial charge in [-0.2, -0.15) is 0 Å². The van der Waals surface area contributed by atoms with Crippen molar-refractivity contribution in [2.45, 2.75) is 63.3 Å². The summed E-state index contributed by atoms with van der Waals surface area (Å²) in [5.74, 6) is 0. The molecule has 3 rings (SSSR count). The van der Waals surface area contributed by atoms with Crippen LogP contribution >= 0.6 is 0 Å². The van der Waals surface area contributed by atoms with Crippen molar-refractivity contribution < 1.29 is 4.74 Å². The summed E-state index contributed by atoms with van der Waals surface area (Å²) in [6, 6.07) is 0. The minimum atomic E-state index is -0.00222. The van der Waals surface area contributed by atoms with E-state index in [1.807, 2.05) is 0 Å². The molecule has 4 nitrogen and oxygen atoms in total. The first-order valence-corrected chi connectivity index (χ1v) is 8.18. The summed E-state index contributed by atoms with van der Waals surface area (Å²) in [5.41, 5.74) is 6.63. The van der Waals surface area contributed by atoms with Crippen molar-refractivity contribution in [1.29, 1.82) is 0 Å². The molecule has 2 N–H and O–H groups in total. The first-order chi connectivity index (χ1) is 9.28. The Labute approximate surface area is 117 Å². The van der Waals surface area contributed by atoms with E-state index >= 15 is 0 Å². The summed E-state index contributed by atoms with van der Waals surface area (Å²) in [6.45, 7) is 5.45. The Kier molecular flexibility index (Phi) is 4.42. The van der Waals surface area contributed by atoms with E-state index in [0.717, 1.165) is 32.8 Å². The number of hydrogen-bond acceptors (Lipinski definition) is 4. The molecule has 3 aliphatic rings. The van der Waals surface area contributed by atoms with E-state index in [2.05, 4.69) is 9.80 Å². The number of nitrogens with zero attached hydrogens (tertiary/aromatic N) is 2. The molecule has 0 spiro atoms. The molecule has 0 amide bonds. The first kappa shape index (κ1) is 13.8. The lowest BCUT2D eigenvalue weighted by Crippen LogP contribution is -2.63. The average Bonchev–Trinajstić information content (AvgIpc) is 2.49. The average molecular weight is 267 g/mol. The van der Waals surface area contributed by atoms with E-state index in [0.29, 0.717) is 6.23 Å². The Morgan fingerprint density at radius 3 is 2.26 bits per heavy atom. The maximum atomic E-state index is 6.63. The maximum Gasteiger partial charge on any atom is 0.110 e. The second kappa shape index (κ2) is 6.08. The van der Waals surface area contributed by atoms with Gasteiger partial charge in [0.2, 0.25) is 0 Å². The molecule has 4 heteroatoms. The highest BCUT2D eigenvalue weighted by Gasteiger charge is 2.36. The van der Waals surface area contributed by atoms with Crippen molar-refractivity contribution in [3.05, 3.63) is 0 Å². The number of nitrogens with two attached hydrogens (primary N) is 1. The molecule has 3 fully saturated rings. The van der Waals surface area contributed by atoms with Crippen molar-refractivity contribution in [2.75, 3.05) is 32.8 Å². The van der Waals surface area contributed by atoms with Gasteiger partial charge in [-0.25, -0.2) is 0 Å². The van der Waals surface area contributed by atoms with Crippen LogP contribution in [0.5, 0.6) is 0 Å². The molecule has 0 bridgehead atoms. The Bertz CT molecular complexity index is 277. The number of hydrogen-bond donors (Lipinski definition) is 1. The molecule has 2 heterocycles. The summed E-state index contributed by atoms with van der Waals surface area (Å²) in [7, 11) is 0. The molecule has 0 aromatic carbocycles. The Hall–Kier alpha value is -0.160. The lowest BCUT2D eigenvalue weighted by Gasteiger charge is -2.49. The van der Waals surface area contributed by atoms with Crippen LogP contribution in [0.4, 0.5) is 0 Å². The Morgan fingerprint density at radius 2 is 1.63 bits per heavy atom. The number of piperazine rings is 1.